The largest absolute Gasteiger partial charge is 0.493 e. The molecular formula is C33H43N4O7S+. The van der Waals surface area contributed by atoms with Gasteiger partial charge in [-0.25, -0.2) is 4.84 Å². The number of nitrogens with zero attached hydrogens (tertiary/aromatic N) is 1. The summed E-state index contributed by atoms with van der Waals surface area (Å²) in [6.07, 6.45) is 5.40. The molecule has 6 heterocycles. The predicted octanol–water partition coefficient (Wildman–Crippen LogP) is 3.26. The number of carbonyl (C=O) groups excluding carboxylic acids is 1. The van der Waals surface area contributed by atoms with Crippen molar-refractivity contribution in [3.05, 3.63) is 63.5 Å². The van der Waals surface area contributed by atoms with E-state index in [1.165, 1.54) is 16.8 Å². The number of hydrogen-bond acceptors (Lipinski definition) is 7. The summed E-state index contributed by atoms with van der Waals surface area (Å²) in [4.78, 5) is 45.3. The quantitative estimate of drug-likeness (QED) is 0.108. The first-order valence-corrected chi connectivity index (χ1v) is 16.8. The van der Waals surface area contributed by atoms with E-state index in [1.807, 2.05) is 33.8 Å². The van der Waals surface area contributed by atoms with Gasteiger partial charge in [0.1, 0.15) is 0 Å². The highest BCUT2D eigenvalue weighted by molar-refractivity contribution is 7.86. The van der Waals surface area contributed by atoms with Crippen LogP contribution in [0.15, 0.2) is 41.0 Å². The number of amides is 1. The van der Waals surface area contributed by atoms with Gasteiger partial charge in [-0.1, -0.05) is 26.5 Å². The van der Waals surface area contributed by atoms with Gasteiger partial charge in [0, 0.05) is 72.1 Å². The lowest BCUT2D eigenvalue weighted by atomic mass is 9.86. The van der Waals surface area contributed by atoms with Gasteiger partial charge in [0.15, 0.2) is 11.0 Å². The maximum atomic E-state index is 12.6. The summed E-state index contributed by atoms with van der Waals surface area (Å²) in [7, 11) is 0. The number of hydrogen-bond donors (Lipinski definition) is 6. The van der Waals surface area contributed by atoms with Gasteiger partial charge in [0.2, 0.25) is 17.5 Å². The van der Waals surface area contributed by atoms with E-state index in [0.717, 1.165) is 50.7 Å². The van der Waals surface area contributed by atoms with Crippen LogP contribution in [-0.2, 0) is 43.8 Å². The van der Waals surface area contributed by atoms with Crippen LogP contribution in [0.5, 0.6) is 0 Å². The van der Waals surface area contributed by atoms with Crippen LogP contribution in [-0.4, -0.2) is 72.0 Å². The maximum Gasteiger partial charge on any atom is 0.303 e. The highest BCUT2D eigenvalue weighted by atomic mass is 32.2. The maximum absolute atomic E-state index is 12.6. The molecule has 3 saturated heterocycles. The summed E-state index contributed by atoms with van der Waals surface area (Å²) in [5, 5.41) is 38.5. The van der Waals surface area contributed by atoms with Gasteiger partial charge < -0.3 is 30.9 Å². The average Bonchev–Trinajstić information content (AvgIpc) is 3.86. The summed E-state index contributed by atoms with van der Waals surface area (Å²) >= 11 is 1.40. The molecule has 12 heteroatoms. The fraction of sp³-hybridized carbons (Fsp3) is 0.545. The number of aliphatic hydroxyl groups is 1. The number of carbonyl (C=O) groups is 3. The molecule has 3 fully saturated rings. The van der Waals surface area contributed by atoms with Crippen molar-refractivity contribution in [2.45, 2.75) is 89.3 Å². The molecule has 5 aliphatic heterocycles. The van der Waals surface area contributed by atoms with Gasteiger partial charge in [-0.3, -0.25) is 14.4 Å². The molecule has 45 heavy (non-hydrogen) atoms. The van der Waals surface area contributed by atoms with E-state index in [9.17, 15) is 29.7 Å². The number of aromatic nitrogens is 1. The van der Waals surface area contributed by atoms with Crippen molar-refractivity contribution in [3.63, 3.8) is 0 Å². The molecule has 0 radical (unpaired) electrons. The molecule has 0 spiro atoms. The van der Waals surface area contributed by atoms with Crippen LogP contribution < -0.4 is 10.6 Å². The van der Waals surface area contributed by atoms with E-state index in [1.54, 1.807) is 6.08 Å². The molecule has 1 aromatic rings. The number of H-pyrrole nitrogens is 1. The lowest BCUT2D eigenvalue weighted by Crippen LogP contribution is -2.34. The summed E-state index contributed by atoms with van der Waals surface area (Å²) < 4.78 is 0. The second-order valence-corrected chi connectivity index (χ2v) is 14.5. The summed E-state index contributed by atoms with van der Waals surface area (Å²) in [5.74, 6) is -0.345. The average molecular weight is 640 g/mol. The molecule has 6 N–H and O–H groups in total. The van der Waals surface area contributed by atoms with E-state index in [-0.39, 0.29) is 54.5 Å². The van der Waals surface area contributed by atoms with Gasteiger partial charge in [-0.15, -0.1) is 0 Å². The third-order valence-corrected chi connectivity index (χ3v) is 11.7. The predicted molar refractivity (Wildman–Crippen MR) is 171 cm³/mol. The van der Waals surface area contributed by atoms with Crippen molar-refractivity contribution < 1.29 is 34.5 Å². The zero-order valence-corrected chi connectivity index (χ0v) is 27.0. The minimum atomic E-state index is -0.889. The van der Waals surface area contributed by atoms with E-state index in [4.69, 9.17) is 4.84 Å². The third-order valence-electron chi connectivity index (χ3n) is 10.6. The molecule has 1 amide bonds. The number of thiol groups is 1. The van der Waals surface area contributed by atoms with Crippen LogP contribution in [0.1, 0.15) is 69.0 Å². The van der Waals surface area contributed by atoms with Crippen molar-refractivity contribution in [2.24, 2.45) is 17.8 Å². The Morgan fingerprint density at radius 3 is 2.47 bits per heavy atom. The number of aliphatic carboxylic acids is 2. The van der Waals surface area contributed by atoms with Crippen LogP contribution in [0, 0.1) is 24.7 Å². The van der Waals surface area contributed by atoms with E-state index < -0.39 is 17.7 Å². The molecule has 5 aliphatic rings. The van der Waals surface area contributed by atoms with Crippen LogP contribution in [0.3, 0.4) is 0 Å². The zero-order valence-electron chi connectivity index (χ0n) is 26.1. The monoisotopic (exact) mass is 639 g/mol. The highest BCUT2D eigenvalue weighted by Crippen LogP contribution is 2.57. The third kappa shape index (κ3) is 5.56. The second kappa shape index (κ2) is 11.6. The van der Waals surface area contributed by atoms with Gasteiger partial charge in [-0.05, 0) is 66.8 Å². The molecule has 3 unspecified atom stereocenters. The Morgan fingerprint density at radius 2 is 1.84 bits per heavy atom. The number of nitrogens with one attached hydrogen (secondary N) is 3. The summed E-state index contributed by atoms with van der Waals surface area (Å²) in [5.41, 5.74) is 6.39. The van der Waals surface area contributed by atoms with Crippen LogP contribution in [0.4, 0.5) is 0 Å². The van der Waals surface area contributed by atoms with E-state index in [0.29, 0.717) is 30.9 Å². The number of carboxylic acids is 2. The highest BCUT2D eigenvalue weighted by Gasteiger charge is 2.67. The Labute approximate surface area is 266 Å². The van der Waals surface area contributed by atoms with Crippen LogP contribution in [0.2, 0.25) is 0 Å². The van der Waals surface area contributed by atoms with Crippen molar-refractivity contribution in [1.29, 1.82) is 0 Å². The first kappa shape index (κ1) is 31.3. The molecule has 6 rings (SSSR count). The molecule has 1 aromatic heterocycles. The summed E-state index contributed by atoms with van der Waals surface area (Å²) in [6, 6.07) is -0.157. The lowest BCUT2D eigenvalue weighted by molar-refractivity contribution is -0.138. The smallest absolute Gasteiger partial charge is 0.303 e. The fourth-order valence-electron chi connectivity index (χ4n) is 7.72. The first-order valence-electron chi connectivity index (χ1n) is 15.7. The SMILES string of the molecule is C=CC1=C(O)N2O[C@@]2(CC2N/C(=C\c3[nH]c(CC4NC(=O)[C@H](C)[C@H]4[C@@H]4C[SH+]4)c(C)c3CCC(=O)O)C(CCC(=O)O)=C2C)C1C. The van der Waals surface area contributed by atoms with Gasteiger partial charge >= 0.3 is 11.9 Å². The molecule has 0 aliphatic carbocycles. The van der Waals surface area contributed by atoms with E-state index >= 15 is 0 Å². The number of carboxylic acid groups (broad SMARTS) is 2. The van der Waals surface area contributed by atoms with Gasteiger partial charge in [-0.2, -0.15) is 5.06 Å². The Bertz CT molecular complexity index is 1560. The Hall–Kier alpha value is -3.64. The fourth-order valence-corrected chi connectivity index (χ4v) is 8.79. The standard InChI is InChI=1S/C33H42N4O7S/c1-6-19-18(5)33(37(44-33)32(19)43)13-26-16(3)21(8-10-29(40)41)24(35-26)12-23-20(7-9-28(38)39)15(2)22(34-23)11-25-30(27-14-45-27)17(4)31(42)36-25/h6,12,17-18,25-27,30,34-35,43H,1,7-11,13-14H2,2-5H3,(H,36,42)(H,38,39)(H,40,41)/p+1/b24-12-/t17-,18?,25?,26?,27+,30-,33+,37?/m1/s1. The molecule has 7 atom stereocenters. The van der Waals surface area contributed by atoms with Crippen molar-refractivity contribution >= 4 is 35.7 Å². The minimum Gasteiger partial charge on any atom is -0.493 e. The van der Waals surface area contributed by atoms with Gasteiger partial charge in [0.05, 0.1) is 6.04 Å². The van der Waals surface area contributed by atoms with Crippen molar-refractivity contribution in [1.82, 2.24) is 20.7 Å². The Balaban J connectivity index is 1.31. The number of rotatable bonds is 13. The molecular weight excluding hydrogens is 596 g/mol. The number of aromatic amines is 1. The number of hydroxylamine groups is 2. The van der Waals surface area contributed by atoms with E-state index in [2.05, 4.69) is 22.2 Å². The Kier molecular flexibility index (Phi) is 8.09. The topological polar surface area (TPSA) is 167 Å². The van der Waals surface area contributed by atoms with Gasteiger partial charge in [0.25, 0.3) is 0 Å². The summed E-state index contributed by atoms with van der Waals surface area (Å²) in [6.45, 7) is 11.8. The second-order valence-electron chi connectivity index (χ2n) is 13.1. The number of allylic oxidation sites excluding steroid dienone is 2. The number of fused-ring (bicyclic) bond motifs is 1. The van der Waals surface area contributed by atoms with Crippen molar-refractivity contribution in [3.8, 4) is 0 Å². The molecule has 0 saturated carbocycles. The molecule has 11 nitrogen and oxygen atoms in total. The van der Waals surface area contributed by atoms with Crippen molar-refractivity contribution in [2.75, 3.05) is 5.75 Å². The first-order chi connectivity index (χ1) is 21.4. The van der Waals surface area contributed by atoms with Crippen LogP contribution >= 0.6 is 0 Å². The Morgan fingerprint density at radius 1 is 1.16 bits per heavy atom. The zero-order chi connectivity index (χ0) is 32.4. The molecule has 0 aromatic carbocycles. The molecule has 242 valence electrons. The normalized spacial score (nSPS) is 32.7. The lowest BCUT2D eigenvalue weighted by Gasteiger charge is -2.20. The molecule has 0 bridgehead atoms. The number of aliphatic hydroxyl groups excluding tert-OH is 1. The van der Waals surface area contributed by atoms with Crippen LogP contribution in [0.25, 0.3) is 6.08 Å². The minimum absolute atomic E-state index is 0.0135.